The largest absolute Gasteiger partial charge is 0.244 e. The van der Waals surface area contributed by atoms with E-state index in [-0.39, 0.29) is 16.1 Å². The van der Waals surface area contributed by atoms with Gasteiger partial charge in [-0.25, -0.2) is 18.1 Å². The molecule has 2 aromatic rings. The van der Waals surface area contributed by atoms with Crippen LogP contribution in [-0.2, 0) is 10.0 Å². The fourth-order valence-corrected chi connectivity index (χ4v) is 3.15. The predicted octanol–water partition coefficient (Wildman–Crippen LogP) is 2.77. The smallest absolute Gasteiger partial charge is 0.241 e. The zero-order valence-electron chi connectivity index (χ0n) is 10.2. The minimum Gasteiger partial charge on any atom is -0.244 e. The third-order valence-corrected chi connectivity index (χ3v) is 4.38. The quantitative estimate of drug-likeness (QED) is 0.883. The summed E-state index contributed by atoms with van der Waals surface area (Å²) in [6.07, 6.45) is 1.37. The van der Waals surface area contributed by atoms with Crippen LogP contribution in [0, 0.1) is 0 Å². The Kier molecular flexibility index (Phi) is 4.19. The molecule has 19 heavy (non-hydrogen) atoms. The summed E-state index contributed by atoms with van der Waals surface area (Å²) in [4.78, 5) is 3.87. The molecule has 1 N–H and O–H groups in total. The van der Waals surface area contributed by atoms with E-state index in [1.807, 2.05) is 30.3 Å². The second kappa shape index (κ2) is 5.69. The molecule has 6 heteroatoms. The number of halogens is 1. The van der Waals surface area contributed by atoms with Gasteiger partial charge in [0.1, 0.15) is 5.15 Å². The summed E-state index contributed by atoms with van der Waals surface area (Å²) in [5.74, 6) is 0. The first-order valence-corrected chi connectivity index (χ1v) is 7.54. The van der Waals surface area contributed by atoms with Crippen molar-refractivity contribution in [1.82, 2.24) is 9.71 Å². The molecule has 0 bridgehead atoms. The van der Waals surface area contributed by atoms with E-state index in [1.165, 1.54) is 18.3 Å². The van der Waals surface area contributed by atoms with Gasteiger partial charge in [-0.3, -0.25) is 0 Å². The minimum atomic E-state index is -3.60. The van der Waals surface area contributed by atoms with E-state index >= 15 is 0 Å². The molecule has 1 aromatic carbocycles. The molecule has 1 aromatic heterocycles. The molecule has 4 nitrogen and oxygen atoms in total. The van der Waals surface area contributed by atoms with Gasteiger partial charge >= 0.3 is 0 Å². The molecule has 0 fully saturated rings. The molecule has 1 unspecified atom stereocenters. The predicted molar refractivity (Wildman–Crippen MR) is 74.4 cm³/mol. The Morgan fingerprint density at radius 2 is 1.89 bits per heavy atom. The van der Waals surface area contributed by atoms with Crippen LogP contribution in [0.2, 0.25) is 5.15 Å². The number of nitrogens with zero attached hydrogens (tertiary/aromatic N) is 1. The number of hydrogen-bond donors (Lipinski definition) is 1. The van der Waals surface area contributed by atoms with Gasteiger partial charge in [0.15, 0.2) is 0 Å². The zero-order chi connectivity index (χ0) is 13.9. The number of benzene rings is 1. The number of rotatable bonds is 4. The maximum Gasteiger partial charge on any atom is 0.241 e. The highest BCUT2D eigenvalue weighted by Crippen LogP contribution is 2.17. The zero-order valence-corrected chi connectivity index (χ0v) is 11.8. The second-order valence-electron chi connectivity index (χ2n) is 4.07. The van der Waals surface area contributed by atoms with Crippen molar-refractivity contribution in [1.29, 1.82) is 0 Å². The number of nitrogens with one attached hydrogen (secondary N) is 1. The number of pyridine rings is 1. The number of sulfonamides is 1. The Morgan fingerprint density at radius 3 is 2.53 bits per heavy atom. The molecule has 2 rings (SSSR count). The summed E-state index contributed by atoms with van der Waals surface area (Å²) in [6.45, 7) is 1.79. The molecule has 0 spiro atoms. The molecule has 0 aliphatic carbocycles. The van der Waals surface area contributed by atoms with Crippen LogP contribution in [-0.4, -0.2) is 13.4 Å². The Balaban J connectivity index is 2.23. The maximum absolute atomic E-state index is 12.2. The first kappa shape index (κ1) is 14.0. The molecule has 0 aliphatic heterocycles. The van der Waals surface area contributed by atoms with Crippen LogP contribution in [0.1, 0.15) is 18.5 Å². The van der Waals surface area contributed by atoms with Crippen molar-refractivity contribution in [2.75, 3.05) is 0 Å². The summed E-state index contributed by atoms with van der Waals surface area (Å²) in [5, 5.41) is 0.148. The summed E-state index contributed by atoms with van der Waals surface area (Å²) >= 11 is 5.70. The molecular formula is C13H13ClN2O2S. The van der Waals surface area contributed by atoms with Crippen molar-refractivity contribution in [2.24, 2.45) is 0 Å². The van der Waals surface area contributed by atoms with Gasteiger partial charge in [0, 0.05) is 12.2 Å². The summed E-state index contributed by atoms with van der Waals surface area (Å²) in [5.41, 5.74) is 0.895. The third kappa shape index (κ3) is 3.53. The van der Waals surface area contributed by atoms with Gasteiger partial charge in [0.2, 0.25) is 10.0 Å². The standard InChI is InChI=1S/C13H13ClN2O2S/c1-10(11-5-3-2-4-6-11)16-19(17,18)12-7-8-15-13(14)9-12/h2-10,16H,1H3. The van der Waals surface area contributed by atoms with Crippen molar-refractivity contribution in [3.05, 3.63) is 59.4 Å². The Hall–Kier alpha value is -1.43. The molecular weight excluding hydrogens is 284 g/mol. The van der Waals surface area contributed by atoms with Gasteiger partial charge in [-0.05, 0) is 24.6 Å². The van der Waals surface area contributed by atoms with Crippen LogP contribution in [0.3, 0.4) is 0 Å². The van der Waals surface area contributed by atoms with Crippen LogP contribution < -0.4 is 4.72 Å². The highest BCUT2D eigenvalue weighted by Gasteiger charge is 2.18. The van der Waals surface area contributed by atoms with E-state index in [0.717, 1.165) is 5.56 Å². The monoisotopic (exact) mass is 296 g/mol. The third-order valence-electron chi connectivity index (χ3n) is 2.64. The van der Waals surface area contributed by atoms with Gasteiger partial charge in [-0.1, -0.05) is 41.9 Å². The summed E-state index contributed by atoms with van der Waals surface area (Å²) in [7, 11) is -3.60. The van der Waals surface area contributed by atoms with E-state index < -0.39 is 10.0 Å². The highest BCUT2D eigenvalue weighted by atomic mass is 35.5. The van der Waals surface area contributed by atoms with Crippen LogP contribution in [0.4, 0.5) is 0 Å². The SMILES string of the molecule is CC(NS(=O)(=O)c1ccnc(Cl)c1)c1ccccc1. The average Bonchev–Trinajstić information content (AvgIpc) is 2.39. The van der Waals surface area contributed by atoms with Crippen molar-refractivity contribution in [2.45, 2.75) is 17.9 Å². The van der Waals surface area contributed by atoms with Crippen LogP contribution in [0.25, 0.3) is 0 Å². The Morgan fingerprint density at radius 1 is 1.21 bits per heavy atom. The fraction of sp³-hybridized carbons (Fsp3) is 0.154. The topological polar surface area (TPSA) is 59.1 Å². The lowest BCUT2D eigenvalue weighted by Gasteiger charge is -2.14. The normalized spacial score (nSPS) is 13.2. The summed E-state index contributed by atoms with van der Waals surface area (Å²) in [6, 6.07) is 11.8. The Labute approximate surface area is 117 Å². The molecule has 0 radical (unpaired) electrons. The fourth-order valence-electron chi connectivity index (χ4n) is 1.66. The van der Waals surface area contributed by atoms with Gasteiger partial charge in [-0.15, -0.1) is 0 Å². The van der Waals surface area contributed by atoms with Crippen LogP contribution >= 0.6 is 11.6 Å². The lowest BCUT2D eigenvalue weighted by Crippen LogP contribution is -2.26. The number of hydrogen-bond acceptors (Lipinski definition) is 3. The molecule has 0 aliphatic rings. The van der Waals surface area contributed by atoms with E-state index in [4.69, 9.17) is 11.6 Å². The maximum atomic E-state index is 12.2. The van der Waals surface area contributed by atoms with Crippen molar-refractivity contribution in [3.63, 3.8) is 0 Å². The van der Waals surface area contributed by atoms with E-state index in [2.05, 4.69) is 9.71 Å². The van der Waals surface area contributed by atoms with Crippen LogP contribution in [0.5, 0.6) is 0 Å². The molecule has 1 atom stereocenters. The first-order chi connectivity index (χ1) is 8.99. The van der Waals surface area contributed by atoms with Gasteiger partial charge < -0.3 is 0 Å². The molecule has 0 saturated carbocycles. The average molecular weight is 297 g/mol. The second-order valence-corrected chi connectivity index (χ2v) is 6.17. The van der Waals surface area contributed by atoms with E-state index in [1.54, 1.807) is 6.92 Å². The molecule has 0 saturated heterocycles. The Bertz CT molecular complexity index is 659. The lowest BCUT2D eigenvalue weighted by atomic mass is 10.1. The van der Waals surface area contributed by atoms with Gasteiger partial charge in [-0.2, -0.15) is 0 Å². The lowest BCUT2D eigenvalue weighted by molar-refractivity contribution is 0.567. The van der Waals surface area contributed by atoms with Gasteiger partial charge in [0.05, 0.1) is 4.90 Å². The van der Waals surface area contributed by atoms with E-state index in [0.29, 0.717) is 0 Å². The van der Waals surface area contributed by atoms with Crippen molar-refractivity contribution >= 4 is 21.6 Å². The number of aromatic nitrogens is 1. The minimum absolute atomic E-state index is 0.107. The molecule has 1 heterocycles. The van der Waals surface area contributed by atoms with Crippen molar-refractivity contribution < 1.29 is 8.42 Å². The van der Waals surface area contributed by atoms with Crippen molar-refractivity contribution in [3.8, 4) is 0 Å². The first-order valence-electron chi connectivity index (χ1n) is 5.68. The molecule has 0 amide bonds. The highest BCUT2D eigenvalue weighted by molar-refractivity contribution is 7.89. The van der Waals surface area contributed by atoms with E-state index in [9.17, 15) is 8.42 Å². The summed E-state index contributed by atoms with van der Waals surface area (Å²) < 4.78 is 26.9. The van der Waals surface area contributed by atoms with Gasteiger partial charge in [0.25, 0.3) is 0 Å². The van der Waals surface area contributed by atoms with Crippen LogP contribution in [0.15, 0.2) is 53.6 Å². The molecule has 100 valence electrons.